The van der Waals surface area contributed by atoms with Gasteiger partial charge in [0.25, 0.3) is 0 Å². The Balaban J connectivity index is 1.77. The fourth-order valence-corrected chi connectivity index (χ4v) is 3.43. The van der Waals surface area contributed by atoms with Crippen LogP contribution in [0.3, 0.4) is 0 Å². The molecule has 0 radical (unpaired) electrons. The molecule has 2 aromatic carbocycles. The number of carbonyl (C=O) groups is 1. The first-order valence-corrected chi connectivity index (χ1v) is 8.88. The molecule has 1 amide bonds. The van der Waals surface area contributed by atoms with Gasteiger partial charge >= 0.3 is 0 Å². The number of ether oxygens (including phenoxy) is 1. The maximum atomic E-state index is 12.6. The van der Waals surface area contributed by atoms with Gasteiger partial charge in [0.15, 0.2) is 0 Å². The Morgan fingerprint density at radius 1 is 1.12 bits per heavy atom. The highest BCUT2D eigenvalue weighted by Gasteiger charge is 2.34. The topological polar surface area (TPSA) is 38.3 Å². The van der Waals surface area contributed by atoms with Gasteiger partial charge in [-0.15, -0.1) is 0 Å². The summed E-state index contributed by atoms with van der Waals surface area (Å²) in [6.07, 6.45) is 1.17. The van der Waals surface area contributed by atoms with Gasteiger partial charge in [-0.2, -0.15) is 0 Å². The molecule has 0 unspecified atom stereocenters. The highest BCUT2D eigenvalue weighted by molar-refractivity contribution is 5.79. The number of carbonyl (C=O) groups excluding carboxylic acids is 1. The van der Waals surface area contributed by atoms with Crippen molar-refractivity contribution in [2.24, 2.45) is 0 Å². The minimum atomic E-state index is -0.292. The summed E-state index contributed by atoms with van der Waals surface area (Å²) in [5.74, 6) is 0.935. The molecule has 0 saturated carbocycles. The third-order valence-electron chi connectivity index (χ3n) is 4.90. The summed E-state index contributed by atoms with van der Waals surface area (Å²) in [7, 11) is 0. The summed E-state index contributed by atoms with van der Waals surface area (Å²) in [6, 6.07) is 12.4. The first-order chi connectivity index (χ1) is 11.7. The monoisotopic (exact) mass is 337 g/mol. The SMILES string of the molecule is Cc1ccc2c(c1)OC(C)(C)C[C@@H]2NC(=O)Cc1ccc(C)c(C)c1. The number of amides is 1. The number of nitrogens with one attached hydrogen (secondary N) is 1. The van der Waals surface area contributed by atoms with Crippen LogP contribution in [0, 0.1) is 20.8 Å². The number of rotatable bonds is 3. The largest absolute Gasteiger partial charge is 0.487 e. The highest BCUT2D eigenvalue weighted by atomic mass is 16.5. The molecular weight excluding hydrogens is 310 g/mol. The van der Waals surface area contributed by atoms with Crippen LogP contribution in [0.15, 0.2) is 36.4 Å². The molecule has 2 aromatic rings. The summed E-state index contributed by atoms with van der Waals surface area (Å²) in [5, 5.41) is 3.21. The fraction of sp³-hybridized carbons (Fsp3) is 0.409. The van der Waals surface area contributed by atoms with E-state index < -0.39 is 0 Å². The molecule has 3 rings (SSSR count). The van der Waals surface area contributed by atoms with E-state index in [1.54, 1.807) is 0 Å². The lowest BCUT2D eigenvalue weighted by Crippen LogP contribution is -2.41. The quantitative estimate of drug-likeness (QED) is 0.891. The highest BCUT2D eigenvalue weighted by Crippen LogP contribution is 2.39. The van der Waals surface area contributed by atoms with Crippen molar-refractivity contribution in [1.29, 1.82) is 0 Å². The second kappa shape index (κ2) is 6.55. The molecule has 132 valence electrons. The van der Waals surface area contributed by atoms with E-state index in [-0.39, 0.29) is 17.6 Å². The molecule has 1 atom stereocenters. The van der Waals surface area contributed by atoms with Crippen LogP contribution in [0.4, 0.5) is 0 Å². The van der Waals surface area contributed by atoms with Gasteiger partial charge in [-0.25, -0.2) is 0 Å². The van der Waals surface area contributed by atoms with Gasteiger partial charge in [0.1, 0.15) is 11.4 Å². The molecular formula is C22H27NO2. The van der Waals surface area contributed by atoms with Crippen LogP contribution in [0.1, 0.15) is 54.1 Å². The van der Waals surface area contributed by atoms with E-state index in [4.69, 9.17) is 4.74 Å². The summed E-state index contributed by atoms with van der Waals surface area (Å²) in [5.41, 5.74) is 5.46. The van der Waals surface area contributed by atoms with Crippen molar-refractivity contribution >= 4 is 5.91 Å². The van der Waals surface area contributed by atoms with Crippen molar-refractivity contribution in [2.45, 2.75) is 59.1 Å². The minimum Gasteiger partial charge on any atom is -0.487 e. The number of aryl methyl sites for hydroxylation is 3. The Bertz CT molecular complexity index is 808. The molecule has 0 fully saturated rings. The standard InChI is InChI=1S/C22H27NO2/c1-14-6-9-18-19(13-22(4,5)25-20(18)10-14)23-21(24)12-17-8-7-15(2)16(3)11-17/h6-11,19H,12-13H2,1-5H3,(H,23,24)/t19-/m0/s1. The van der Waals surface area contributed by atoms with Crippen LogP contribution < -0.4 is 10.1 Å². The number of hydrogen-bond acceptors (Lipinski definition) is 2. The molecule has 1 N–H and O–H groups in total. The third-order valence-corrected chi connectivity index (χ3v) is 4.90. The zero-order valence-electron chi connectivity index (χ0n) is 15.8. The van der Waals surface area contributed by atoms with E-state index in [0.29, 0.717) is 6.42 Å². The second-order valence-electron chi connectivity index (χ2n) is 7.82. The van der Waals surface area contributed by atoms with Crippen molar-refractivity contribution < 1.29 is 9.53 Å². The zero-order chi connectivity index (χ0) is 18.2. The first kappa shape index (κ1) is 17.5. The van der Waals surface area contributed by atoms with Crippen LogP contribution in [0.5, 0.6) is 5.75 Å². The van der Waals surface area contributed by atoms with Crippen molar-refractivity contribution in [3.8, 4) is 5.75 Å². The number of benzene rings is 2. The van der Waals surface area contributed by atoms with E-state index in [1.807, 2.05) is 6.07 Å². The molecule has 0 aromatic heterocycles. The predicted octanol–water partition coefficient (Wildman–Crippen LogP) is 4.57. The van der Waals surface area contributed by atoms with E-state index in [1.165, 1.54) is 11.1 Å². The third kappa shape index (κ3) is 4.04. The summed E-state index contributed by atoms with van der Waals surface area (Å²) in [4.78, 5) is 12.6. The lowest BCUT2D eigenvalue weighted by molar-refractivity contribution is -0.121. The Morgan fingerprint density at radius 3 is 2.60 bits per heavy atom. The van der Waals surface area contributed by atoms with E-state index >= 15 is 0 Å². The predicted molar refractivity (Wildman–Crippen MR) is 101 cm³/mol. The van der Waals surface area contributed by atoms with Gasteiger partial charge in [0.05, 0.1) is 12.5 Å². The van der Waals surface area contributed by atoms with Crippen molar-refractivity contribution in [2.75, 3.05) is 0 Å². The van der Waals surface area contributed by atoms with Crippen LogP contribution in [0.2, 0.25) is 0 Å². The van der Waals surface area contributed by atoms with Crippen LogP contribution in [-0.2, 0) is 11.2 Å². The molecule has 1 aliphatic rings. The van der Waals surface area contributed by atoms with E-state index in [9.17, 15) is 4.79 Å². The lowest BCUT2D eigenvalue weighted by Gasteiger charge is -2.38. The van der Waals surface area contributed by atoms with Gasteiger partial charge in [-0.1, -0.05) is 30.3 Å². The Labute approximate surface area is 150 Å². The molecule has 0 saturated heterocycles. The molecule has 0 bridgehead atoms. The van der Waals surface area contributed by atoms with E-state index in [2.05, 4.69) is 70.3 Å². The van der Waals surface area contributed by atoms with E-state index in [0.717, 1.165) is 28.9 Å². The molecule has 0 spiro atoms. The van der Waals surface area contributed by atoms with Crippen molar-refractivity contribution in [3.63, 3.8) is 0 Å². The number of hydrogen-bond donors (Lipinski definition) is 1. The summed E-state index contributed by atoms with van der Waals surface area (Å²) in [6.45, 7) is 10.4. The van der Waals surface area contributed by atoms with Gasteiger partial charge in [0.2, 0.25) is 5.91 Å². The lowest BCUT2D eigenvalue weighted by atomic mass is 9.89. The van der Waals surface area contributed by atoms with Crippen LogP contribution >= 0.6 is 0 Å². The smallest absolute Gasteiger partial charge is 0.224 e. The molecule has 1 aliphatic heterocycles. The summed E-state index contributed by atoms with van der Waals surface area (Å²) < 4.78 is 6.11. The Kier molecular flexibility index (Phi) is 4.59. The average molecular weight is 337 g/mol. The molecule has 25 heavy (non-hydrogen) atoms. The van der Waals surface area contributed by atoms with Crippen LogP contribution in [-0.4, -0.2) is 11.5 Å². The second-order valence-corrected chi connectivity index (χ2v) is 7.82. The molecule has 0 aliphatic carbocycles. The van der Waals surface area contributed by atoms with Gasteiger partial charge in [0, 0.05) is 12.0 Å². The van der Waals surface area contributed by atoms with Crippen molar-refractivity contribution in [3.05, 3.63) is 64.2 Å². The maximum absolute atomic E-state index is 12.6. The minimum absolute atomic E-state index is 0.0154. The maximum Gasteiger partial charge on any atom is 0.224 e. The van der Waals surface area contributed by atoms with Crippen molar-refractivity contribution in [1.82, 2.24) is 5.32 Å². The van der Waals surface area contributed by atoms with Gasteiger partial charge < -0.3 is 10.1 Å². The average Bonchev–Trinajstić information content (AvgIpc) is 2.49. The molecule has 1 heterocycles. The zero-order valence-corrected chi connectivity index (χ0v) is 15.8. The Morgan fingerprint density at radius 2 is 1.88 bits per heavy atom. The normalized spacial score (nSPS) is 18.2. The first-order valence-electron chi connectivity index (χ1n) is 8.88. The van der Waals surface area contributed by atoms with Gasteiger partial charge in [-0.3, -0.25) is 4.79 Å². The van der Waals surface area contributed by atoms with Crippen LogP contribution in [0.25, 0.3) is 0 Å². The fourth-order valence-electron chi connectivity index (χ4n) is 3.43. The molecule has 3 heteroatoms. The Hall–Kier alpha value is -2.29. The number of fused-ring (bicyclic) bond motifs is 1. The summed E-state index contributed by atoms with van der Waals surface area (Å²) >= 11 is 0. The molecule has 3 nitrogen and oxygen atoms in total. The van der Waals surface area contributed by atoms with Gasteiger partial charge in [-0.05, 0) is 62.9 Å².